The molecule has 6 nitrogen and oxygen atoms in total. The summed E-state index contributed by atoms with van der Waals surface area (Å²) in [6.45, 7) is 9.63. The highest BCUT2D eigenvalue weighted by Gasteiger charge is 2.31. The Morgan fingerprint density at radius 1 is 1.28 bits per heavy atom. The van der Waals surface area contributed by atoms with Gasteiger partial charge in [-0.05, 0) is 32.1 Å². The predicted octanol–water partition coefficient (Wildman–Crippen LogP) is 3.00. The third-order valence-electron chi connectivity index (χ3n) is 4.76. The van der Waals surface area contributed by atoms with Gasteiger partial charge in [0.05, 0.1) is 23.8 Å². The average Bonchev–Trinajstić information content (AvgIpc) is 3.00. The van der Waals surface area contributed by atoms with Gasteiger partial charge in [0, 0.05) is 36.0 Å². The van der Waals surface area contributed by atoms with Gasteiger partial charge in [0.25, 0.3) is 0 Å². The molecule has 25 heavy (non-hydrogen) atoms. The van der Waals surface area contributed by atoms with Crippen LogP contribution in [0.15, 0.2) is 18.6 Å². The standard InChI is InChI=1S/C19H27N5O/c1-13-16(10-22-23-13)17-11-20-15(9-21-17)8-14-6-5-7-24(12-14)18(25)19(2,3)4/h9-11,14H,5-8,12H2,1-4H3,(H,22,23)/t14-/m0/s1. The molecule has 0 unspecified atom stereocenters. The van der Waals surface area contributed by atoms with E-state index in [0.717, 1.165) is 55.0 Å². The number of H-pyrrole nitrogens is 1. The molecule has 2 aromatic heterocycles. The zero-order valence-corrected chi connectivity index (χ0v) is 15.5. The third-order valence-corrected chi connectivity index (χ3v) is 4.76. The van der Waals surface area contributed by atoms with Crippen molar-refractivity contribution in [3.8, 4) is 11.3 Å². The summed E-state index contributed by atoms with van der Waals surface area (Å²) in [6.07, 6.45) is 8.51. The fourth-order valence-electron chi connectivity index (χ4n) is 3.39. The first kappa shape index (κ1) is 17.6. The van der Waals surface area contributed by atoms with Crippen LogP contribution in [0.3, 0.4) is 0 Å². The molecule has 1 amide bonds. The Kier molecular flexibility index (Phi) is 4.88. The summed E-state index contributed by atoms with van der Waals surface area (Å²) in [6, 6.07) is 0. The number of carbonyl (C=O) groups excluding carboxylic acids is 1. The van der Waals surface area contributed by atoms with Gasteiger partial charge >= 0.3 is 0 Å². The maximum absolute atomic E-state index is 12.5. The van der Waals surface area contributed by atoms with Gasteiger partial charge in [-0.2, -0.15) is 5.10 Å². The van der Waals surface area contributed by atoms with E-state index in [-0.39, 0.29) is 11.3 Å². The third kappa shape index (κ3) is 4.06. The molecule has 1 N–H and O–H groups in total. The normalized spacial score (nSPS) is 18.4. The molecule has 0 bridgehead atoms. The highest BCUT2D eigenvalue weighted by Crippen LogP contribution is 2.25. The Labute approximate surface area is 149 Å². The van der Waals surface area contributed by atoms with Gasteiger partial charge in [0.1, 0.15) is 0 Å². The fraction of sp³-hybridized carbons (Fsp3) is 0.579. The second-order valence-electron chi connectivity index (χ2n) is 8.02. The number of amides is 1. The summed E-state index contributed by atoms with van der Waals surface area (Å²) in [4.78, 5) is 23.7. The van der Waals surface area contributed by atoms with E-state index in [9.17, 15) is 4.79 Å². The monoisotopic (exact) mass is 341 g/mol. The molecule has 1 atom stereocenters. The lowest BCUT2D eigenvalue weighted by molar-refractivity contribution is -0.141. The van der Waals surface area contributed by atoms with Crippen molar-refractivity contribution in [1.29, 1.82) is 0 Å². The molecule has 3 heterocycles. The molecule has 2 aromatic rings. The average molecular weight is 341 g/mol. The summed E-state index contributed by atoms with van der Waals surface area (Å²) in [7, 11) is 0. The summed E-state index contributed by atoms with van der Waals surface area (Å²) in [5.74, 6) is 0.699. The molecule has 0 saturated carbocycles. The van der Waals surface area contributed by atoms with Crippen molar-refractivity contribution in [3.63, 3.8) is 0 Å². The number of carbonyl (C=O) groups is 1. The molecule has 1 aliphatic heterocycles. The van der Waals surface area contributed by atoms with Crippen LogP contribution in [0.25, 0.3) is 11.3 Å². The Bertz CT molecular complexity index is 729. The molecule has 134 valence electrons. The van der Waals surface area contributed by atoms with Crippen LogP contribution in [-0.2, 0) is 11.2 Å². The van der Waals surface area contributed by atoms with Crippen LogP contribution >= 0.6 is 0 Å². The molecule has 3 rings (SSSR count). The first-order valence-electron chi connectivity index (χ1n) is 8.95. The molecular formula is C19H27N5O. The van der Waals surface area contributed by atoms with E-state index in [2.05, 4.69) is 20.2 Å². The SMILES string of the molecule is Cc1[nH]ncc1-c1cnc(C[C@@H]2CCCN(C(=O)C(C)(C)C)C2)cn1. The minimum atomic E-state index is -0.314. The molecule has 0 spiro atoms. The molecule has 1 saturated heterocycles. The van der Waals surface area contributed by atoms with Gasteiger partial charge in [-0.3, -0.25) is 19.9 Å². The maximum Gasteiger partial charge on any atom is 0.227 e. The number of piperidine rings is 1. The molecule has 0 aliphatic carbocycles. The van der Waals surface area contributed by atoms with Crippen LogP contribution in [0.1, 0.15) is 45.0 Å². The Morgan fingerprint density at radius 3 is 2.68 bits per heavy atom. The van der Waals surface area contributed by atoms with Gasteiger partial charge in [0.2, 0.25) is 5.91 Å². The highest BCUT2D eigenvalue weighted by atomic mass is 16.2. The van der Waals surface area contributed by atoms with E-state index in [1.54, 1.807) is 6.20 Å². The van der Waals surface area contributed by atoms with Crippen LogP contribution in [0.5, 0.6) is 0 Å². The summed E-state index contributed by atoms with van der Waals surface area (Å²) in [5, 5.41) is 6.95. The quantitative estimate of drug-likeness (QED) is 0.931. The first-order chi connectivity index (χ1) is 11.8. The largest absolute Gasteiger partial charge is 0.342 e. The number of aryl methyl sites for hydroxylation is 1. The van der Waals surface area contributed by atoms with E-state index in [1.807, 2.05) is 45.0 Å². The zero-order valence-electron chi connectivity index (χ0n) is 15.5. The van der Waals surface area contributed by atoms with Gasteiger partial charge in [-0.1, -0.05) is 20.8 Å². The number of nitrogens with zero attached hydrogens (tertiary/aromatic N) is 4. The number of likely N-dealkylation sites (tertiary alicyclic amines) is 1. The van der Waals surface area contributed by atoms with Crippen molar-refractivity contribution in [3.05, 3.63) is 30.0 Å². The first-order valence-corrected chi connectivity index (χ1v) is 8.95. The minimum Gasteiger partial charge on any atom is -0.342 e. The number of hydrogen-bond acceptors (Lipinski definition) is 4. The predicted molar refractivity (Wildman–Crippen MR) is 96.8 cm³/mol. The van der Waals surface area contributed by atoms with Crippen molar-refractivity contribution < 1.29 is 4.79 Å². The number of aromatic amines is 1. The van der Waals surface area contributed by atoms with Crippen LogP contribution in [0.2, 0.25) is 0 Å². The molecule has 1 aliphatic rings. The second kappa shape index (κ2) is 6.94. The van der Waals surface area contributed by atoms with Crippen molar-refractivity contribution in [1.82, 2.24) is 25.1 Å². The van der Waals surface area contributed by atoms with E-state index < -0.39 is 0 Å². The molecule has 0 radical (unpaired) electrons. The van der Waals surface area contributed by atoms with Gasteiger partial charge in [-0.25, -0.2) is 0 Å². The van der Waals surface area contributed by atoms with Crippen molar-refractivity contribution in [2.75, 3.05) is 13.1 Å². The lowest BCUT2D eigenvalue weighted by atomic mass is 9.89. The molecule has 1 fully saturated rings. The summed E-state index contributed by atoms with van der Waals surface area (Å²) >= 11 is 0. The van der Waals surface area contributed by atoms with Crippen LogP contribution < -0.4 is 0 Å². The number of aromatic nitrogens is 4. The van der Waals surface area contributed by atoms with Crippen molar-refractivity contribution >= 4 is 5.91 Å². The second-order valence-corrected chi connectivity index (χ2v) is 8.02. The van der Waals surface area contributed by atoms with Gasteiger partial charge < -0.3 is 4.90 Å². The summed E-state index contributed by atoms with van der Waals surface area (Å²) in [5.41, 5.74) is 3.48. The lowest BCUT2D eigenvalue weighted by Gasteiger charge is -2.36. The van der Waals surface area contributed by atoms with Gasteiger partial charge in [-0.15, -0.1) is 0 Å². The number of rotatable bonds is 3. The van der Waals surface area contributed by atoms with E-state index in [0.29, 0.717) is 5.92 Å². The number of nitrogens with one attached hydrogen (secondary N) is 1. The number of hydrogen-bond donors (Lipinski definition) is 1. The van der Waals surface area contributed by atoms with E-state index in [1.165, 1.54) is 0 Å². The Balaban J connectivity index is 1.64. The van der Waals surface area contributed by atoms with Crippen LogP contribution in [0, 0.1) is 18.3 Å². The fourth-order valence-corrected chi connectivity index (χ4v) is 3.39. The smallest absolute Gasteiger partial charge is 0.227 e. The minimum absolute atomic E-state index is 0.245. The Hall–Kier alpha value is -2.24. The Morgan fingerprint density at radius 2 is 2.08 bits per heavy atom. The van der Waals surface area contributed by atoms with E-state index in [4.69, 9.17) is 0 Å². The topological polar surface area (TPSA) is 74.8 Å². The lowest BCUT2D eigenvalue weighted by Crippen LogP contribution is -2.45. The maximum atomic E-state index is 12.5. The van der Waals surface area contributed by atoms with Crippen LogP contribution in [-0.4, -0.2) is 44.1 Å². The van der Waals surface area contributed by atoms with Gasteiger partial charge in [0.15, 0.2) is 0 Å². The summed E-state index contributed by atoms with van der Waals surface area (Å²) < 4.78 is 0. The van der Waals surface area contributed by atoms with E-state index >= 15 is 0 Å². The molecular weight excluding hydrogens is 314 g/mol. The van der Waals surface area contributed by atoms with Crippen molar-refractivity contribution in [2.45, 2.75) is 47.0 Å². The highest BCUT2D eigenvalue weighted by molar-refractivity contribution is 5.81. The molecule has 0 aromatic carbocycles. The van der Waals surface area contributed by atoms with Crippen molar-refractivity contribution in [2.24, 2.45) is 11.3 Å². The zero-order chi connectivity index (χ0) is 18.0. The van der Waals surface area contributed by atoms with Crippen LogP contribution in [0.4, 0.5) is 0 Å². The molecule has 6 heteroatoms.